The van der Waals surface area contributed by atoms with E-state index in [1.165, 1.54) is 0 Å². The number of hydrogen-bond acceptors (Lipinski definition) is 5. The first kappa shape index (κ1) is 21.3. The minimum absolute atomic E-state index is 0.198. The highest BCUT2D eigenvalue weighted by atomic mass is 32.2. The fourth-order valence-corrected chi connectivity index (χ4v) is 5.07. The van der Waals surface area contributed by atoms with Crippen molar-refractivity contribution < 1.29 is 14.4 Å². The minimum atomic E-state index is -0.408. The van der Waals surface area contributed by atoms with Crippen LogP contribution in [0.4, 0.5) is 10.5 Å². The topological polar surface area (TPSA) is 60.9 Å². The van der Waals surface area contributed by atoms with Gasteiger partial charge in [-0.1, -0.05) is 60.7 Å². The van der Waals surface area contributed by atoms with Gasteiger partial charge < -0.3 is 9.80 Å². The van der Waals surface area contributed by atoms with Crippen LogP contribution in [-0.2, 0) is 9.59 Å². The van der Waals surface area contributed by atoms with Crippen molar-refractivity contribution in [3.8, 4) is 0 Å². The average molecular weight is 458 g/mol. The van der Waals surface area contributed by atoms with Crippen molar-refractivity contribution in [1.82, 2.24) is 9.80 Å². The van der Waals surface area contributed by atoms with E-state index in [0.29, 0.717) is 18.0 Å². The Morgan fingerprint density at radius 3 is 2.33 bits per heavy atom. The highest BCUT2D eigenvalue weighted by molar-refractivity contribution is 8.18. The Labute approximate surface area is 196 Å². The lowest BCUT2D eigenvalue weighted by molar-refractivity contribution is -0.136. The largest absolute Gasteiger partial charge is 0.368 e. The Balaban J connectivity index is 1.25. The summed E-state index contributed by atoms with van der Waals surface area (Å²) in [5.41, 5.74) is 2.01. The third kappa shape index (κ3) is 4.36. The van der Waals surface area contributed by atoms with Crippen LogP contribution in [0.25, 0.3) is 16.8 Å². The second kappa shape index (κ2) is 9.11. The third-order valence-corrected chi connectivity index (χ3v) is 6.94. The van der Waals surface area contributed by atoms with E-state index in [2.05, 4.69) is 17.0 Å². The summed E-state index contributed by atoms with van der Waals surface area (Å²) >= 11 is 0.891. The fraction of sp³-hybridized carbons (Fsp3) is 0.192. The Hall–Kier alpha value is -3.58. The van der Waals surface area contributed by atoms with E-state index in [-0.39, 0.29) is 12.5 Å². The van der Waals surface area contributed by atoms with Crippen LogP contribution in [-0.4, -0.2) is 59.6 Å². The molecule has 0 saturated carbocycles. The number of benzene rings is 3. The number of anilines is 1. The molecule has 2 saturated heterocycles. The number of carbonyl (C=O) groups excluding carboxylic acids is 3. The number of carbonyl (C=O) groups is 3. The first-order chi connectivity index (χ1) is 16.1. The van der Waals surface area contributed by atoms with Gasteiger partial charge in [-0.15, -0.1) is 0 Å². The van der Waals surface area contributed by atoms with Crippen LogP contribution in [0.15, 0.2) is 77.7 Å². The second-order valence-electron chi connectivity index (χ2n) is 8.04. The maximum Gasteiger partial charge on any atom is 0.294 e. The predicted molar refractivity (Wildman–Crippen MR) is 132 cm³/mol. The maximum atomic E-state index is 12.9. The molecular weight excluding hydrogens is 434 g/mol. The zero-order valence-electron chi connectivity index (χ0n) is 18.0. The van der Waals surface area contributed by atoms with E-state index in [4.69, 9.17) is 0 Å². The summed E-state index contributed by atoms with van der Waals surface area (Å²) < 4.78 is 0. The van der Waals surface area contributed by atoms with Crippen molar-refractivity contribution in [2.24, 2.45) is 0 Å². The molecule has 7 heteroatoms. The Morgan fingerprint density at radius 2 is 1.55 bits per heavy atom. The van der Waals surface area contributed by atoms with E-state index in [1.54, 1.807) is 11.0 Å². The number of hydrogen-bond donors (Lipinski definition) is 0. The molecule has 0 atom stereocenters. The lowest BCUT2D eigenvalue weighted by atomic mass is 10.0. The van der Waals surface area contributed by atoms with Crippen molar-refractivity contribution in [2.75, 3.05) is 37.6 Å². The molecule has 2 fully saturated rings. The predicted octanol–water partition coefficient (Wildman–Crippen LogP) is 4.22. The molecule has 6 nitrogen and oxygen atoms in total. The molecule has 3 aromatic rings. The SMILES string of the molecule is O=C(CN1C(=O)S/C(=C/c2cccc3ccccc23)C1=O)N1CCN(c2ccccc2)CC1. The van der Waals surface area contributed by atoms with Crippen molar-refractivity contribution in [3.63, 3.8) is 0 Å². The second-order valence-corrected chi connectivity index (χ2v) is 9.03. The van der Waals surface area contributed by atoms with Crippen LogP contribution in [0, 0.1) is 0 Å². The Kier molecular flexibility index (Phi) is 5.88. The van der Waals surface area contributed by atoms with Crippen molar-refractivity contribution in [2.45, 2.75) is 0 Å². The van der Waals surface area contributed by atoms with Gasteiger partial charge in [0.1, 0.15) is 6.54 Å². The lowest BCUT2D eigenvalue weighted by Crippen LogP contribution is -2.51. The van der Waals surface area contributed by atoms with Crippen LogP contribution < -0.4 is 4.90 Å². The molecule has 2 aliphatic heterocycles. The molecule has 5 rings (SSSR count). The summed E-state index contributed by atoms with van der Waals surface area (Å²) in [6.07, 6.45) is 1.75. The molecule has 0 unspecified atom stereocenters. The quantitative estimate of drug-likeness (QED) is 0.549. The molecular formula is C26H23N3O3S. The van der Waals surface area contributed by atoms with Crippen molar-refractivity contribution in [1.29, 1.82) is 0 Å². The molecule has 0 aromatic heterocycles. The van der Waals surface area contributed by atoms with E-state index in [1.807, 2.05) is 60.7 Å². The zero-order valence-corrected chi connectivity index (χ0v) is 18.8. The van der Waals surface area contributed by atoms with E-state index < -0.39 is 11.1 Å². The molecule has 0 spiro atoms. The van der Waals surface area contributed by atoms with Crippen molar-refractivity contribution >= 4 is 51.4 Å². The van der Waals surface area contributed by atoms with Gasteiger partial charge in [0.25, 0.3) is 11.1 Å². The minimum Gasteiger partial charge on any atom is -0.368 e. The highest BCUT2D eigenvalue weighted by Gasteiger charge is 2.37. The van der Waals surface area contributed by atoms with Crippen molar-refractivity contribution in [3.05, 3.63) is 83.3 Å². The monoisotopic (exact) mass is 457 g/mol. The van der Waals surface area contributed by atoms with Crippen LogP contribution in [0.5, 0.6) is 0 Å². The van der Waals surface area contributed by atoms with E-state index in [0.717, 1.165) is 51.8 Å². The van der Waals surface area contributed by atoms with Crippen LogP contribution in [0.2, 0.25) is 0 Å². The molecule has 33 heavy (non-hydrogen) atoms. The Morgan fingerprint density at radius 1 is 0.848 bits per heavy atom. The molecule has 0 aliphatic carbocycles. The molecule has 2 aliphatic rings. The zero-order chi connectivity index (χ0) is 22.8. The molecule has 3 amide bonds. The summed E-state index contributed by atoms with van der Waals surface area (Å²) in [5.74, 6) is -0.606. The lowest BCUT2D eigenvalue weighted by Gasteiger charge is -2.36. The Bertz CT molecular complexity index is 1240. The number of piperazine rings is 1. The summed E-state index contributed by atoms with van der Waals surface area (Å²) in [6, 6.07) is 23.9. The molecule has 2 heterocycles. The number of imide groups is 1. The van der Waals surface area contributed by atoms with Gasteiger partial charge in [-0.05, 0) is 46.3 Å². The third-order valence-electron chi connectivity index (χ3n) is 6.03. The van der Waals surface area contributed by atoms with Gasteiger partial charge in [0.15, 0.2) is 0 Å². The van der Waals surface area contributed by atoms with Gasteiger partial charge in [-0.3, -0.25) is 19.3 Å². The van der Waals surface area contributed by atoms with Gasteiger partial charge in [0.2, 0.25) is 5.91 Å². The van der Waals surface area contributed by atoms with E-state index >= 15 is 0 Å². The number of nitrogens with zero attached hydrogens (tertiary/aromatic N) is 3. The summed E-state index contributed by atoms with van der Waals surface area (Å²) in [4.78, 5) is 43.7. The molecule has 0 radical (unpaired) electrons. The number of rotatable bonds is 4. The van der Waals surface area contributed by atoms with Crippen LogP contribution >= 0.6 is 11.8 Å². The van der Waals surface area contributed by atoms with Gasteiger partial charge in [-0.2, -0.15) is 0 Å². The number of fused-ring (bicyclic) bond motifs is 1. The number of amides is 3. The van der Waals surface area contributed by atoms with E-state index in [9.17, 15) is 14.4 Å². The summed E-state index contributed by atoms with van der Waals surface area (Å²) in [6.45, 7) is 2.35. The molecule has 166 valence electrons. The standard InChI is InChI=1S/C26H23N3O3S/c30-24(28-15-13-27(14-16-28)21-10-2-1-3-11-21)18-29-25(31)23(33-26(29)32)17-20-9-6-8-19-7-4-5-12-22(19)20/h1-12,17H,13-16,18H2/b23-17+. The van der Waals surface area contributed by atoms with Gasteiger partial charge in [-0.25, -0.2) is 0 Å². The summed E-state index contributed by atoms with van der Waals surface area (Å²) in [7, 11) is 0. The maximum absolute atomic E-state index is 12.9. The smallest absolute Gasteiger partial charge is 0.294 e. The fourth-order valence-electron chi connectivity index (χ4n) is 4.24. The first-order valence-electron chi connectivity index (χ1n) is 10.9. The molecule has 0 N–H and O–H groups in total. The van der Waals surface area contributed by atoms with Crippen LogP contribution in [0.1, 0.15) is 5.56 Å². The summed E-state index contributed by atoms with van der Waals surface area (Å²) in [5, 5.41) is 1.68. The molecule has 0 bridgehead atoms. The van der Waals surface area contributed by atoms with Gasteiger partial charge in [0, 0.05) is 31.9 Å². The highest BCUT2D eigenvalue weighted by Crippen LogP contribution is 2.33. The first-order valence-corrected chi connectivity index (χ1v) is 11.7. The van der Waals surface area contributed by atoms with Gasteiger partial charge >= 0.3 is 0 Å². The molecule has 3 aromatic carbocycles. The number of para-hydroxylation sites is 1. The normalized spacial score (nSPS) is 17.9. The van der Waals surface area contributed by atoms with Gasteiger partial charge in [0.05, 0.1) is 4.91 Å². The van der Waals surface area contributed by atoms with Crippen LogP contribution in [0.3, 0.4) is 0 Å². The number of thioether (sulfide) groups is 1. The average Bonchev–Trinajstić information content (AvgIpc) is 3.12.